The summed E-state index contributed by atoms with van der Waals surface area (Å²) in [6.07, 6.45) is 1.51. The number of hydrogen-bond donors (Lipinski definition) is 1. The van der Waals surface area contributed by atoms with E-state index in [1.807, 2.05) is 38.2 Å². The molecule has 0 saturated heterocycles. The molecule has 2 aromatic heterocycles. The molecule has 0 aliphatic rings. The van der Waals surface area contributed by atoms with Crippen molar-refractivity contribution in [3.05, 3.63) is 38.9 Å². The highest BCUT2D eigenvalue weighted by molar-refractivity contribution is 9.10. The molecule has 26 heavy (non-hydrogen) atoms. The van der Waals surface area contributed by atoms with Crippen molar-refractivity contribution in [2.75, 3.05) is 18.7 Å². The fourth-order valence-corrected chi connectivity index (χ4v) is 2.76. The van der Waals surface area contributed by atoms with E-state index in [1.165, 1.54) is 17.5 Å². The minimum Gasteiger partial charge on any atom is -0.307 e. The number of nitriles is 1. The van der Waals surface area contributed by atoms with Crippen molar-refractivity contribution in [2.24, 2.45) is 5.92 Å². The number of alkyl halides is 1. The Bertz CT molecular complexity index is 722. The molecule has 0 spiro atoms. The Morgan fingerprint density at radius 2 is 2.15 bits per heavy atom. The van der Waals surface area contributed by atoms with Crippen LogP contribution in [0.3, 0.4) is 0 Å². The quantitative estimate of drug-likeness (QED) is 0.710. The van der Waals surface area contributed by atoms with E-state index in [0.717, 1.165) is 0 Å². The molecule has 0 aromatic carbocycles. The van der Waals surface area contributed by atoms with Gasteiger partial charge in [-0.25, -0.2) is 4.98 Å². The average molecular weight is 444 g/mol. The van der Waals surface area contributed by atoms with Gasteiger partial charge in [-0.05, 0) is 33.3 Å². The number of carbonyl (C=O) groups is 2. The molecule has 0 fully saturated rings. The van der Waals surface area contributed by atoms with Crippen molar-refractivity contribution in [1.29, 1.82) is 5.26 Å². The smallest absolute Gasteiger partial charge is 0.279 e. The molecular formula is C16H19BrFN5O2S. The first-order chi connectivity index (χ1) is 12.5. The third-order valence-corrected chi connectivity index (χ3v) is 4.04. The van der Waals surface area contributed by atoms with Crippen LogP contribution in [0.4, 0.5) is 10.2 Å². The number of nitrogens with zero attached hydrogens (tertiary/aromatic N) is 4. The Morgan fingerprint density at radius 3 is 2.65 bits per heavy atom. The molecule has 0 aliphatic heterocycles. The van der Waals surface area contributed by atoms with Gasteiger partial charge in [0.15, 0.2) is 5.82 Å². The van der Waals surface area contributed by atoms with Gasteiger partial charge in [0.1, 0.15) is 12.9 Å². The van der Waals surface area contributed by atoms with E-state index in [4.69, 9.17) is 10.1 Å². The van der Waals surface area contributed by atoms with Crippen LogP contribution in [0.5, 0.6) is 0 Å². The van der Waals surface area contributed by atoms with Crippen LogP contribution >= 0.6 is 27.3 Å². The third kappa shape index (κ3) is 7.25. The highest BCUT2D eigenvalue weighted by Gasteiger charge is 2.18. The number of rotatable bonds is 5. The van der Waals surface area contributed by atoms with Crippen molar-refractivity contribution < 1.29 is 14.0 Å². The van der Waals surface area contributed by atoms with E-state index in [0.29, 0.717) is 28.9 Å². The largest absolute Gasteiger partial charge is 0.307 e. The Morgan fingerprint density at radius 1 is 1.50 bits per heavy atom. The summed E-state index contributed by atoms with van der Waals surface area (Å²) in [6.45, 7) is 6.62. The molecule has 0 radical (unpaired) electrons. The molecule has 7 nitrogen and oxygen atoms in total. The van der Waals surface area contributed by atoms with E-state index in [9.17, 15) is 9.18 Å². The number of thiophene rings is 1. The van der Waals surface area contributed by atoms with Crippen molar-refractivity contribution >= 4 is 45.8 Å². The highest BCUT2D eigenvalue weighted by Crippen LogP contribution is 2.23. The summed E-state index contributed by atoms with van der Waals surface area (Å²) in [7, 11) is 0.500. The Balaban J connectivity index is 0.00000146. The van der Waals surface area contributed by atoms with Crippen LogP contribution in [0, 0.1) is 17.2 Å². The van der Waals surface area contributed by atoms with Gasteiger partial charge in [0.2, 0.25) is 5.82 Å². The maximum absolute atomic E-state index is 12.3. The van der Waals surface area contributed by atoms with Gasteiger partial charge in [0.05, 0.1) is 16.5 Å². The van der Waals surface area contributed by atoms with Crippen molar-refractivity contribution in [3.8, 4) is 6.07 Å². The van der Waals surface area contributed by atoms with Gasteiger partial charge in [0, 0.05) is 12.7 Å². The number of anilines is 1. The van der Waals surface area contributed by atoms with Crippen LogP contribution in [0.15, 0.2) is 28.2 Å². The van der Waals surface area contributed by atoms with Crippen molar-refractivity contribution in [1.82, 2.24) is 15.4 Å². The SMILES string of the molecule is C=O.CC(C)CN(NC(=O)c1cccs1)c1nc(C#N)ncc1Br.CF. The van der Waals surface area contributed by atoms with Crippen LogP contribution in [-0.2, 0) is 4.79 Å². The van der Waals surface area contributed by atoms with E-state index in [1.54, 1.807) is 11.1 Å². The minimum absolute atomic E-state index is 0.0531. The first kappa shape index (κ1) is 23.6. The summed E-state index contributed by atoms with van der Waals surface area (Å²) in [4.78, 5) is 28.9. The van der Waals surface area contributed by atoms with Crippen molar-refractivity contribution in [2.45, 2.75) is 13.8 Å². The fourth-order valence-electron chi connectivity index (χ4n) is 1.74. The summed E-state index contributed by atoms with van der Waals surface area (Å²) in [6, 6.07) is 5.48. The zero-order chi connectivity index (χ0) is 20.1. The molecule has 0 saturated carbocycles. The summed E-state index contributed by atoms with van der Waals surface area (Å²) in [5.41, 5.74) is 2.83. The van der Waals surface area contributed by atoms with E-state index < -0.39 is 0 Å². The predicted molar refractivity (Wildman–Crippen MR) is 103 cm³/mol. The molecule has 2 rings (SSSR count). The van der Waals surface area contributed by atoms with Crippen molar-refractivity contribution in [3.63, 3.8) is 0 Å². The Labute approximate surface area is 164 Å². The van der Waals surface area contributed by atoms with Gasteiger partial charge < -0.3 is 4.79 Å². The van der Waals surface area contributed by atoms with Gasteiger partial charge in [-0.15, -0.1) is 11.3 Å². The molecule has 2 aromatic rings. The van der Waals surface area contributed by atoms with Crippen LogP contribution < -0.4 is 10.4 Å². The normalized spacial score (nSPS) is 9.12. The Kier molecular flexibility index (Phi) is 11.7. The van der Waals surface area contributed by atoms with Crippen LogP contribution in [0.2, 0.25) is 0 Å². The molecule has 140 valence electrons. The van der Waals surface area contributed by atoms with Gasteiger partial charge in [-0.2, -0.15) is 10.2 Å². The average Bonchev–Trinajstić information content (AvgIpc) is 3.19. The van der Waals surface area contributed by atoms with Gasteiger partial charge in [0.25, 0.3) is 5.91 Å². The molecule has 0 atom stereocenters. The summed E-state index contributed by atoms with van der Waals surface area (Å²) >= 11 is 4.73. The number of hydrogen-bond acceptors (Lipinski definition) is 7. The van der Waals surface area contributed by atoms with E-state index >= 15 is 0 Å². The lowest BCUT2D eigenvalue weighted by Crippen LogP contribution is -2.45. The molecule has 1 amide bonds. The lowest BCUT2D eigenvalue weighted by molar-refractivity contribution is -0.0980. The standard InChI is InChI=1S/C14H14BrN5OS.CH3F.CH2O/c1-9(2)8-20(19-14(21)11-4-3-5-22-11)13-10(15)7-17-12(6-16)18-13;2*1-2/h3-5,7,9H,8H2,1-2H3,(H,19,21);1H3;1H2. The minimum atomic E-state index is -0.209. The molecule has 0 unspecified atom stereocenters. The summed E-state index contributed by atoms with van der Waals surface area (Å²) in [5.74, 6) is 0.596. The molecule has 10 heteroatoms. The van der Waals surface area contributed by atoms with E-state index in [2.05, 4.69) is 31.3 Å². The second-order valence-corrected chi connectivity index (χ2v) is 6.70. The van der Waals surface area contributed by atoms with Gasteiger partial charge in [-0.3, -0.25) is 19.6 Å². The number of carbonyl (C=O) groups excluding carboxylic acids is 2. The summed E-state index contributed by atoms with van der Waals surface area (Å²) in [5, 5.41) is 12.4. The first-order valence-electron chi connectivity index (χ1n) is 7.22. The van der Waals surface area contributed by atoms with Gasteiger partial charge in [-0.1, -0.05) is 19.9 Å². The summed E-state index contributed by atoms with van der Waals surface area (Å²) < 4.78 is 10.1. The molecule has 0 aliphatic carbocycles. The maximum Gasteiger partial charge on any atom is 0.279 e. The predicted octanol–water partition coefficient (Wildman–Crippen LogP) is 3.38. The molecular weight excluding hydrogens is 425 g/mol. The molecule has 1 N–H and O–H groups in total. The monoisotopic (exact) mass is 443 g/mol. The lowest BCUT2D eigenvalue weighted by Gasteiger charge is -2.26. The number of aromatic nitrogens is 2. The number of halogens is 2. The molecule has 0 bridgehead atoms. The first-order valence-corrected chi connectivity index (χ1v) is 8.90. The number of hydrazine groups is 1. The zero-order valence-electron chi connectivity index (χ0n) is 14.6. The van der Waals surface area contributed by atoms with E-state index in [-0.39, 0.29) is 17.6 Å². The number of amides is 1. The van der Waals surface area contributed by atoms with Crippen LogP contribution in [-0.4, -0.2) is 36.4 Å². The highest BCUT2D eigenvalue weighted by atomic mass is 79.9. The van der Waals surface area contributed by atoms with Gasteiger partial charge >= 0.3 is 0 Å². The lowest BCUT2D eigenvalue weighted by atomic mass is 10.2. The third-order valence-electron chi connectivity index (χ3n) is 2.61. The second kappa shape index (κ2) is 12.9. The Hall–Kier alpha value is -2.38. The fraction of sp³-hybridized carbons (Fsp3) is 0.312. The second-order valence-electron chi connectivity index (χ2n) is 4.90. The van der Waals surface area contributed by atoms with Crippen LogP contribution in [0.1, 0.15) is 29.3 Å². The maximum atomic E-state index is 12.3. The zero-order valence-corrected chi connectivity index (χ0v) is 17.0. The number of nitrogens with one attached hydrogen (secondary N) is 1. The van der Waals surface area contributed by atoms with Crippen LogP contribution in [0.25, 0.3) is 0 Å². The molecule has 2 heterocycles. The topological polar surface area (TPSA) is 99.0 Å².